The van der Waals surface area contributed by atoms with E-state index in [0.717, 1.165) is 30.0 Å². The minimum atomic E-state index is -0.246. The SMILES string of the molecule is CC(C)Oc1ncccc1CNC(=O)NCc1ccnc(N2CCOCC2)c1. The van der Waals surface area contributed by atoms with E-state index in [1.807, 2.05) is 38.1 Å². The number of carbonyl (C=O) groups is 1. The molecule has 0 unspecified atom stereocenters. The van der Waals surface area contributed by atoms with E-state index in [-0.39, 0.29) is 12.1 Å². The van der Waals surface area contributed by atoms with Crippen molar-refractivity contribution < 1.29 is 14.3 Å². The third kappa shape index (κ3) is 5.82. The Labute approximate surface area is 165 Å². The molecule has 2 N–H and O–H groups in total. The Bertz CT molecular complexity index is 778. The van der Waals surface area contributed by atoms with Crippen LogP contribution in [-0.2, 0) is 17.8 Å². The first kappa shape index (κ1) is 19.9. The maximum absolute atomic E-state index is 12.2. The highest BCUT2D eigenvalue weighted by atomic mass is 16.5. The topological polar surface area (TPSA) is 88.6 Å². The van der Waals surface area contributed by atoms with Gasteiger partial charge in [-0.15, -0.1) is 0 Å². The fraction of sp³-hybridized carbons (Fsp3) is 0.450. The second kappa shape index (κ2) is 9.89. The maximum atomic E-state index is 12.2. The van der Waals surface area contributed by atoms with E-state index in [1.165, 1.54) is 0 Å². The van der Waals surface area contributed by atoms with Gasteiger partial charge in [-0.3, -0.25) is 0 Å². The molecule has 0 bridgehead atoms. The smallest absolute Gasteiger partial charge is 0.315 e. The lowest BCUT2D eigenvalue weighted by Crippen LogP contribution is -2.37. The lowest BCUT2D eigenvalue weighted by molar-refractivity contribution is 0.122. The molecular weight excluding hydrogens is 358 g/mol. The predicted molar refractivity (Wildman–Crippen MR) is 106 cm³/mol. The van der Waals surface area contributed by atoms with Crippen molar-refractivity contribution in [2.24, 2.45) is 0 Å². The number of ether oxygens (including phenoxy) is 2. The van der Waals surface area contributed by atoms with Crippen LogP contribution in [0.25, 0.3) is 0 Å². The molecule has 2 aromatic heterocycles. The molecule has 0 atom stereocenters. The lowest BCUT2D eigenvalue weighted by atomic mass is 10.2. The summed E-state index contributed by atoms with van der Waals surface area (Å²) in [6.45, 7) is 7.74. The molecule has 3 heterocycles. The number of pyridine rings is 2. The number of nitrogens with one attached hydrogen (secondary N) is 2. The molecule has 2 amide bonds. The van der Waals surface area contributed by atoms with Gasteiger partial charge in [0, 0.05) is 44.1 Å². The summed E-state index contributed by atoms with van der Waals surface area (Å²) < 4.78 is 11.0. The van der Waals surface area contributed by atoms with Crippen LogP contribution < -0.4 is 20.3 Å². The van der Waals surface area contributed by atoms with E-state index in [0.29, 0.717) is 32.2 Å². The fourth-order valence-electron chi connectivity index (χ4n) is 2.84. The summed E-state index contributed by atoms with van der Waals surface area (Å²) in [7, 11) is 0. The van der Waals surface area contributed by atoms with Crippen LogP contribution in [-0.4, -0.2) is 48.4 Å². The van der Waals surface area contributed by atoms with Crippen LogP contribution in [0.4, 0.5) is 10.6 Å². The van der Waals surface area contributed by atoms with Crippen LogP contribution in [0.15, 0.2) is 36.7 Å². The zero-order chi connectivity index (χ0) is 19.8. The first-order valence-corrected chi connectivity index (χ1v) is 9.51. The molecule has 0 saturated carbocycles. The Morgan fingerprint density at radius 2 is 1.96 bits per heavy atom. The number of aromatic nitrogens is 2. The van der Waals surface area contributed by atoms with E-state index in [4.69, 9.17) is 9.47 Å². The normalized spacial score (nSPS) is 14.0. The van der Waals surface area contributed by atoms with E-state index >= 15 is 0 Å². The van der Waals surface area contributed by atoms with Gasteiger partial charge in [0.1, 0.15) is 5.82 Å². The van der Waals surface area contributed by atoms with Crippen LogP contribution in [0.2, 0.25) is 0 Å². The van der Waals surface area contributed by atoms with Gasteiger partial charge in [0.25, 0.3) is 0 Å². The number of amides is 2. The van der Waals surface area contributed by atoms with Crippen molar-refractivity contribution >= 4 is 11.8 Å². The second-order valence-corrected chi connectivity index (χ2v) is 6.79. The molecule has 28 heavy (non-hydrogen) atoms. The fourth-order valence-corrected chi connectivity index (χ4v) is 2.84. The molecule has 0 aromatic carbocycles. The standard InChI is InChI=1S/C20H27N5O3/c1-15(2)28-19-17(4-3-6-22-19)14-24-20(26)23-13-16-5-7-21-18(12-16)25-8-10-27-11-9-25/h3-7,12,15H,8-11,13-14H2,1-2H3,(H2,23,24,26). The minimum absolute atomic E-state index is 0.0230. The maximum Gasteiger partial charge on any atom is 0.315 e. The van der Waals surface area contributed by atoms with Crippen LogP contribution in [0.1, 0.15) is 25.0 Å². The first-order valence-electron chi connectivity index (χ1n) is 9.51. The van der Waals surface area contributed by atoms with Crippen molar-refractivity contribution in [1.29, 1.82) is 0 Å². The largest absolute Gasteiger partial charge is 0.475 e. The van der Waals surface area contributed by atoms with Gasteiger partial charge in [-0.2, -0.15) is 0 Å². The average Bonchev–Trinajstić information content (AvgIpc) is 2.72. The number of hydrogen-bond acceptors (Lipinski definition) is 6. The molecule has 0 radical (unpaired) electrons. The predicted octanol–water partition coefficient (Wildman–Crippen LogP) is 2.10. The first-order chi connectivity index (χ1) is 13.6. The molecule has 0 aliphatic carbocycles. The van der Waals surface area contributed by atoms with Gasteiger partial charge in [0.2, 0.25) is 5.88 Å². The molecule has 3 rings (SSSR count). The van der Waals surface area contributed by atoms with Gasteiger partial charge < -0.3 is 25.0 Å². The van der Waals surface area contributed by atoms with E-state index in [2.05, 4.69) is 25.5 Å². The Hall–Kier alpha value is -2.87. The van der Waals surface area contributed by atoms with Crippen molar-refractivity contribution in [3.63, 3.8) is 0 Å². The second-order valence-electron chi connectivity index (χ2n) is 6.79. The number of morpholine rings is 1. The summed E-state index contributed by atoms with van der Waals surface area (Å²) in [5.41, 5.74) is 1.83. The van der Waals surface area contributed by atoms with E-state index in [9.17, 15) is 4.79 Å². The third-order valence-corrected chi connectivity index (χ3v) is 4.23. The summed E-state index contributed by atoms with van der Waals surface area (Å²) in [6.07, 6.45) is 3.47. The number of hydrogen-bond donors (Lipinski definition) is 2. The van der Waals surface area contributed by atoms with Gasteiger partial charge in [-0.25, -0.2) is 14.8 Å². The molecule has 1 fully saturated rings. The monoisotopic (exact) mass is 385 g/mol. The average molecular weight is 385 g/mol. The summed E-state index contributed by atoms with van der Waals surface area (Å²) >= 11 is 0. The minimum Gasteiger partial charge on any atom is -0.475 e. The highest BCUT2D eigenvalue weighted by Gasteiger charge is 2.13. The molecule has 8 heteroatoms. The van der Waals surface area contributed by atoms with Crippen molar-refractivity contribution in [2.45, 2.75) is 33.0 Å². The molecule has 1 aliphatic heterocycles. The zero-order valence-corrected chi connectivity index (χ0v) is 16.4. The zero-order valence-electron chi connectivity index (χ0n) is 16.4. The summed E-state index contributed by atoms with van der Waals surface area (Å²) in [5.74, 6) is 1.45. The molecular formula is C20H27N5O3. The van der Waals surface area contributed by atoms with Crippen LogP contribution in [0.3, 0.4) is 0 Å². The summed E-state index contributed by atoms with van der Waals surface area (Å²) in [5, 5.41) is 5.73. The van der Waals surface area contributed by atoms with Gasteiger partial charge in [0.05, 0.1) is 19.3 Å². The Morgan fingerprint density at radius 3 is 2.75 bits per heavy atom. The van der Waals surface area contributed by atoms with Gasteiger partial charge in [0.15, 0.2) is 0 Å². The van der Waals surface area contributed by atoms with Crippen molar-refractivity contribution in [2.75, 3.05) is 31.2 Å². The molecule has 1 saturated heterocycles. The number of anilines is 1. The molecule has 0 spiro atoms. The van der Waals surface area contributed by atoms with E-state index in [1.54, 1.807) is 12.4 Å². The van der Waals surface area contributed by atoms with Crippen molar-refractivity contribution in [1.82, 2.24) is 20.6 Å². The number of urea groups is 1. The molecule has 1 aliphatic rings. The Morgan fingerprint density at radius 1 is 1.18 bits per heavy atom. The number of carbonyl (C=O) groups excluding carboxylic acids is 1. The highest BCUT2D eigenvalue weighted by Crippen LogP contribution is 2.16. The quantitative estimate of drug-likeness (QED) is 0.759. The Kier molecular flexibility index (Phi) is 7.02. The van der Waals surface area contributed by atoms with E-state index < -0.39 is 0 Å². The third-order valence-electron chi connectivity index (χ3n) is 4.23. The van der Waals surface area contributed by atoms with Crippen LogP contribution >= 0.6 is 0 Å². The highest BCUT2D eigenvalue weighted by molar-refractivity contribution is 5.73. The molecule has 8 nitrogen and oxygen atoms in total. The number of nitrogens with zero attached hydrogens (tertiary/aromatic N) is 3. The van der Waals surface area contributed by atoms with Crippen LogP contribution in [0.5, 0.6) is 5.88 Å². The summed E-state index contributed by atoms with van der Waals surface area (Å²) in [4.78, 5) is 23.0. The molecule has 150 valence electrons. The van der Waals surface area contributed by atoms with Gasteiger partial charge in [-0.1, -0.05) is 6.07 Å². The lowest BCUT2D eigenvalue weighted by Gasteiger charge is -2.28. The van der Waals surface area contributed by atoms with Crippen LogP contribution in [0, 0.1) is 0 Å². The molecule has 2 aromatic rings. The Balaban J connectivity index is 1.50. The van der Waals surface area contributed by atoms with Crippen molar-refractivity contribution in [3.8, 4) is 5.88 Å². The van der Waals surface area contributed by atoms with Crippen molar-refractivity contribution in [3.05, 3.63) is 47.8 Å². The van der Waals surface area contributed by atoms with Gasteiger partial charge >= 0.3 is 6.03 Å². The summed E-state index contributed by atoms with van der Waals surface area (Å²) in [6, 6.07) is 7.37. The number of rotatable bonds is 7. The van der Waals surface area contributed by atoms with Gasteiger partial charge in [-0.05, 0) is 37.6 Å².